The van der Waals surface area contributed by atoms with Crippen molar-refractivity contribution in [3.63, 3.8) is 0 Å². The molecule has 0 radical (unpaired) electrons. The highest BCUT2D eigenvalue weighted by atomic mass is 16.3. The number of anilines is 1. The van der Waals surface area contributed by atoms with Crippen LogP contribution in [0.1, 0.15) is 41.6 Å². The van der Waals surface area contributed by atoms with Crippen molar-refractivity contribution < 1.29 is 5.11 Å². The number of aliphatic hydroxyl groups is 1. The number of piperidine rings is 1. The van der Waals surface area contributed by atoms with E-state index in [0.717, 1.165) is 55.5 Å². The highest BCUT2D eigenvalue weighted by Gasteiger charge is 2.16. The van der Waals surface area contributed by atoms with Crippen molar-refractivity contribution in [1.29, 1.82) is 0 Å². The molecule has 0 atom stereocenters. The second-order valence-corrected chi connectivity index (χ2v) is 7.95. The summed E-state index contributed by atoms with van der Waals surface area (Å²) in [5.74, 6) is 0.850. The highest BCUT2D eigenvalue weighted by Crippen LogP contribution is 2.19. The minimum absolute atomic E-state index is 0.0575. The summed E-state index contributed by atoms with van der Waals surface area (Å²) in [6.07, 6.45) is 5.61. The summed E-state index contributed by atoms with van der Waals surface area (Å²) >= 11 is 0. The number of aliphatic hydroxyl groups excluding tert-OH is 1. The molecule has 2 heterocycles. The lowest BCUT2D eigenvalue weighted by atomic mass is 10.1. The molecule has 1 saturated heterocycles. The fourth-order valence-corrected chi connectivity index (χ4v) is 4.06. The van der Waals surface area contributed by atoms with Crippen molar-refractivity contribution in [2.24, 2.45) is 0 Å². The van der Waals surface area contributed by atoms with Gasteiger partial charge in [0.2, 0.25) is 5.95 Å². The molecule has 0 aliphatic carbocycles. The first-order valence-electron chi connectivity index (χ1n) is 10.8. The Labute approximate surface area is 179 Å². The maximum Gasteiger partial charge on any atom is 0.225 e. The second kappa shape index (κ2) is 10.3. The average Bonchev–Trinajstić information content (AvgIpc) is 2.81. The molecule has 0 spiro atoms. The molecule has 0 saturated carbocycles. The Morgan fingerprint density at radius 1 is 0.800 bits per heavy atom. The van der Waals surface area contributed by atoms with E-state index >= 15 is 0 Å². The summed E-state index contributed by atoms with van der Waals surface area (Å²) in [6, 6.07) is 20.6. The van der Waals surface area contributed by atoms with Gasteiger partial charge in [0.1, 0.15) is 0 Å². The zero-order valence-electron chi connectivity index (χ0n) is 17.5. The van der Waals surface area contributed by atoms with Crippen LogP contribution >= 0.6 is 0 Å². The summed E-state index contributed by atoms with van der Waals surface area (Å²) in [5.41, 5.74) is 4.43. The average molecular weight is 403 g/mol. The predicted molar refractivity (Wildman–Crippen MR) is 120 cm³/mol. The van der Waals surface area contributed by atoms with Gasteiger partial charge in [0, 0.05) is 38.9 Å². The van der Waals surface area contributed by atoms with Crippen LogP contribution in [0.2, 0.25) is 0 Å². The third-order valence-corrected chi connectivity index (χ3v) is 5.66. The third-order valence-electron chi connectivity index (χ3n) is 5.66. The van der Waals surface area contributed by atoms with E-state index in [1.807, 2.05) is 36.5 Å². The Morgan fingerprint density at radius 2 is 1.53 bits per heavy atom. The topological polar surface area (TPSA) is 52.5 Å². The molecule has 0 unspecified atom stereocenters. The third kappa shape index (κ3) is 5.43. The van der Waals surface area contributed by atoms with Gasteiger partial charge in [0.15, 0.2) is 0 Å². The zero-order valence-corrected chi connectivity index (χ0v) is 17.5. The lowest BCUT2D eigenvalue weighted by Crippen LogP contribution is -2.31. The Balaban J connectivity index is 1.54. The van der Waals surface area contributed by atoms with Gasteiger partial charge < -0.3 is 10.0 Å². The first kappa shape index (κ1) is 20.5. The number of benzene rings is 2. The van der Waals surface area contributed by atoms with Crippen molar-refractivity contribution in [3.8, 4) is 0 Å². The van der Waals surface area contributed by atoms with E-state index in [9.17, 15) is 5.11 Å². The van der Waals surface area contributed by atoms with Gasteiger partial charge in [0.25, 0.3) is 0 Å². The van der Waals surface area contributed by atoms with Gasteiger partial charge in [-0.25, -0.2) is 9.97 Å². The minimum atomic E-state index is 0.0575. The maximum absolute atomic E-state index is 9.75. The van der Waals surface area contributed by atoms with Crippen LogP contribution in [0, 0.1) is 0 Å². The lowest BCUT2D eigenvalue weighted by Gasteiger charge is -2.27. The molecule has 30 heavy (non-hydrogen) atoms. The van der Waals surface area contributed by atoms with Crippen molar-refractivity contribution in [2.45, 2.75) is 45.5 Å². The zero-order chi connectivity index (χ0) is 20.6. The van der Waals surface area contributed by atoms with Gasteiger partial charge in [-0.3, -0.25) is 4.90 Å². The molecule has 1 fully saturated rings. The van der Waals surface area contributed by atoms with E-state index in [-0.39, 0.29) is 6.61 Å². The predicted octanol–water partition coefficient (Wildman–Crippen LogP) is 4.16. The fraction of sp³-hybridized carbons (Fsp3) is 0.360. The standard InChI is InChI=1S/C25H30N4O/c30-20-23-12-6-5-11-22(23)18-28(17-21-9-3-1-4-10-21)19-24-13-14-26-25(27-24)29-15-7-2-8-16-29/h1,3-6,9-14,30H,2,7-8,15-20H2. The molecule has 4 rings (SSSR count). The van der Waals surface area contributed by atoms with Gasteiger partial charge in [-0.05, 0) is 42.0 Å². The van der Waals surface area contributed by atoms with Crippen LogP contribution in [0.5, 0.6) is 0 Å². The van der Waals surface area contributed by atoms with Gasteiger partial charge in [0.05, 0.1) is 12.3 Å². The van der Waals surface area contributed by atoms with Crippen LogP contribution in [0.25, 0.3) is 0 Å². The molecular formula is C25H30N4O. The molecule has 1 aliphatic heterocycles. The molecule has 3 aromatic rings. The lowest BCUT2D eigenvalue weighted by molar-refractivity contribution is 0.238. The quantitative estimate of drug-likeness (QED) is 0.613. The monoisotopic (exact) mass is 402 g/mol. The first-order chi connectivity index (χ1) is 14.8. The van der Waals surface area contributed by atoms with Gasteiger partial charge in [-0.1, -0.05) is 54.6 Å². The molecule has 0 bridgehead atoms. The Hall–Kier alpha value is -2.76. The van der Waals surface area contributed by atoms with Crippen LogP contribution in [0.15, 0.2) is 66.9 Å². The Morgan fingerprint density at radius 3 is 2.30 bits per heavy atom. The molecule has 5 heteroatoms. The van der Waals surface area contributed by atoms with E-state index in [1.54, 1.807) is 0 Å². The van der Waals surface area contributed by atoms with Gasteiger partial charge in [-0.15, -0.1) is 0 Å². The normalized spacial score (nSPS) is 14.3. The van der Waals surface area contributed by atoms with Crippen molar-refractivity contribution in [2.75, 3.05) is 18.0 Å². The number of hydrogen-bond donors (Lipinski definition) is 1. The van der Waals surface area contributed by atoms with Crippen LogP contribution in [0.4, 0.5) is 5.95 Å². The van der Waals surface area contributed by atoms with E-state index in [0.29, 0.717) is 0 Å². The molecule has 156 valence electrons. The number of rotatable bonds is 8. The fourth-order valence-electron chi connectivity index (χ4n) is 4.06. The second-order valence-electron chi connectivity index (χ2n) is 7.95. The molecule has 0 amide bonds. The van der Waals surface area contributed by atoms with Crippen LogP contribution < -0.4 is 4.90 Å². The molecule has 1 N–H and O–H groups in total. The smallest absolute Gasteiger partial charge is 0.225 e. The number of aromatic nitrogens is 2. The molecule has 2 aromatic carbocycles. The Bertz CT molecular complexity index is 925. The summed E-state index contributed by atoms with van der Waals surface area (Å²) in [4.78, 5) is 14.1. The van der Waals surface area contributed by atoms with E-state index in [2.05, 4.69) is 45.1 Å². The first-order valence-corrected chi connectivity index (χ1v) is 10.8. The van der Waals surface area contributed by atoms with E-state index < -0.39 is 0 Å². The molecule has 1 aliphatic rings. The maximum atomic E-state index is 9.75. The molecule has 1 aromatic heterocycles. The Kier molecular flexibility index (Phi) is 7.06. The van der Waals surface area contributed by atoms with Crippen LogP contribution in [-0.4, -0.2) is 33.1 Å². The number of nitrogens with zero attached hydrogens (tertiary/aromatic N) is 4. The minimum Gasteiger partial charge on any atom is -0.392 e. The van der Waals surface area contributed by atoms with Gasteiger partial charge >= 0.3 is 0 Å². The summed E-state index contributed by atoms with van der Waals surface area (Å²) < 4.78 is 0. The summed E-state index contributed by atoms with van der Waals surface area (Å²) in [7, 11) is 0. The largest absolute Gasteiger partial charge is 0.392 e. The van der Waals surface area contributed by atoms with Crippen molar-refractivity contribution in [1.82, 2.24) is 14.9 Å². The van der Waals surface area contributed by atoms with Crippen molar-refractivity contribution in [3.05, 3.63) is 89.2 Å². The van der Waals surface area contributed by atoms with Crippen molar-refractivity contribution >= 4 is 5.95 Å². The highest BCUT2D eigenvalue weighted by molar-refractivity contribution is 5.31. The SMILES string of the molecule is OCc1ccccc1CN(Cc1ccccc1)Cc1ccnc(N2CCCCC2)n1. The van der Waals surface area contributed by atoms with Gasteiger partial charge in [-0.2, -0.15) is 0 Å². The van der Waals surface area contributed by atoms with Crippen LogP contribution in [-0.2, 0) is 26.2 Å². The van der Waals surface area contributed by atoms with E-state index in [4.69, 9.17) is 4.98 Å². The molecular weight excluding hydrogens is 372 g/mol. The summed E-state index contributed by atoms with van der Waals surface area (Å²) in [6.45, 7) is 4.46. The number of hydrogen-bond acceptors (Lipinski definition) is 5. The van der Waals surface area contributed by atoms with Crippen LogP contribution in [0.3, 0.4) is 0 Å². The molecule has 5 nitrogen and oxygen atoms in total. The van der Waals surface area contributed by atoms with E-state index in [1.165, 1.54) is 24.8 Å². The summed E-state index contributed by atoms with van der Waals surface area (Å²) in [5, 5.41) is 9.75.